The van der Waals surface area contributed by atoms with Crippen molar-refractivity contribution < 1.29 is 37.0 Å². The van der Waals surface area contributed by atoms with Crippen molar-refractivity contribution >= 4 is 27.8 Å². The monoisotopic (exact) mass is 486 g/mol. The van der Waals surface area contributed by atoms with Gasteiger partial charge in [-0.2, -0.15) is 4.31 Å². The van der Waals surface area contributed by atoms with Crippen LogP contribution in [0.4, 0.5) is 0 Å². The molecular formula is C23H22N2O8S. The van der Waals surface area contributed by atoms with Gasteiger partial charge in [0.05, 0.1) is 21.9 Å². The summed E-state index contributed by atoms with van der Waals surface area (Å²) in [7, 11) is -3.77. The standard InChI is InChI=1S/C23H22N2O8S/c26-21-17-3-1-2-4-18(17)22(27)25(21)14-33-23(28)15-7-9-24(10-8-15)34(29,30)16-5-6-19-20(13-16)32-12-11-31-19/h1-6,13,15H,7-12,14H2. The number of carbonyl (C=O) groups excluding carboxylic acids is 3. The van der Waals surface area contributed by atoms with Gasteiger partial charge in [0.1, 0.15) is 13.2 Å². The third-order valence-corrected chi connectivity index (χ3v) is 8.05. The molecular weight excluding hydrogens is 464 g/mol. The minimum atomic E-state index is -3.77. The lowest BCUT2D eigenvalue weighted by molar-refractivity contribution is -0.152. The Morgan fingerprint density at radius 2 is 1.56 bits per heavy atom. The Balaban J connectivity index is 1.17. The summed E-state index contributed by atoms with van der Waals surface area (Å²) >= 11 is 0. The molecule has 0 aromatic heterocycles. The highest BCUT2D eigenvalue weighted by atomic mass is 32.2. The smallest absolute Gasteiger partial charge is 0.310 e. The van der Waals surface area contributed by atoms with Gasteiger partial charge in [-0.05, 0) is 37.1 Å². The number of hydrogen-bond acceptors (Lipinski definition) is 8. The van der Waals surface area contributed by atoms with Crippen LogP contribution in [0.25, 0.3) is 0 Å². The van der Waals surface area contributed by atoms with E-state index in [4.69, 9.17) is 14.2 Å². The quantitative estimate of drug-likeness (QED) is 0.462. The fourth-order valence-corrected chi connectivity index (χ4v) is 5.75. The molecule has 3 heterocycles. The molecule has 2 aromatic carbocycles. The Morgan fingerprint density at radius 1 is 0.941 bits per heavy atom. The average Bonchev–Trinajstić information content (AvgIpc) is 3.11. The number of piperidine rings is 1. The molecule has 178 valence electrons. The number of sulfonamides is 1. The van der Waals surface area contributed by atoms with E-state index in [2.05, 4.69) is 0 Å². The van der Waals surface area contributed by atoms with Gasteiger partial charge < -0.3 is 14.2 Å². The van der Waals surface area contributed by atoms with Gasteiger partial charge in [-0.3, -0.25) is 14.4 Å². The van der Waals surface area contributed by atoms with Gasteiger partial charge in [-0.25, -0.2) is 13.3 Å². The number of carbonyl (C=O) groups is 3. The van der Waals surface area contributed by atoms with Gasteiger partial charge in [0.2, 0.25) is 10.0 Å². The molecule has 5 rings (SSSR count). The molecule has 1 saturated heterocycles. The van der Waals surface area contributed by atoms with Crippen molar-refractivity contribution in [1.82, 2.24) is 9.21 Å². The number of imide groups is 1. The molecule has 0 atom stereocenters. The van der Waals surface area contributed by atoms with Crippen LogP contribution in [0.5, 0.6) is 11.5 Å². The van der Waals surface area contributed by atoms with Gasteiger partial charge in [-0.15, -0.1) is 0 Å². The highest BCUT2D eigenvalue weighted by Gasteiger charge is 2.37. The molecule has 2 aromatic rings. The number of nitrogens with zero attached hydrogens (tertiary/aromatic N) is 2. The summed E-state index contributed by atoms with van der Waals surface area (Å²) in [5, 5.41) is 0. The zero-order valence-electron chi connectivity index (χ0n) is 18.1. The third kappa shape index (κ3) is 3.90. The normalized spacial score (nSPS) is 18.6. The zero-order valence-corrected chi connectivity index (χ0v) is 19.0. The number of benzene rings is 2. The molecule has 0 saturated carbocycles. The summed E-state index contributed by atoms with van der Waals surface area (Å²) < 4.78 is 43.6. The summed E-state index contributed by atoms with van der Waals surface area (Å²) in [5.41, 5.74) is 0.558. The van der Waals surface area contributed by atoms with Gasteiger partial charge in [0.25, 0.3) is 11.8 Å². The summed E-state index contributed by atoms with van der Waals surface area (Å²) in [6.45, 7) is 0.578. The lowest BCUT2D eigenvalue weighted by atomic mass is 9.98. The second-order valence-corrected chi connectivity index (χ2v) is 10.1. The second kappa shape index (κ2) is 8.73. The first kappa shape index (κ1) is 22.4. The third-order valence-electron chi connectivity index (χ3n) is 6.15. The van der Waals surface area contributed by atoms with Crippen LogP contribution in [0.2, 0.25) is 0 Å². The van der Waals surface area contributed by atoms with Crippen LogP contribution in [0.1, 0.15) is 33.6 Å². The van der Waals surface area contributed by atoms with E-state index in [-0.39, 0.29) is 42.0 Å². The average molecular weight is 487 g/mol. The van der Waals surface area contributed by atoms with Crippen LogP contribution in [0, 0.1) is 5.92 Å². The van der Waals surface area contributed by atoms with Crippen LogP contribution in [-0.2, 0) is 19.6 Å². The van der Waals surface area contributed by atoms with E-state index in [1.807, 2.05) is 0 Å². The van der Waals surface area contributed by atoms with E-state index in [1.54, 1.807) is 30.3 Å². The molecule has 0 unspecified atom stereocenters. The predicted octanol–water partition coefficient (Wildman–Crippen LogP) is 1.66. The second-order valence-electron chi connectivity index (χ2n) is 8.16. The van der Waals surface area contributed by atoms with Gasteiger partial charge in [-0.1, -0.05) is 12.1 Å². The van der Waals surface area contributed by atoms with Crippen molar-refractivity contribution in [3.05, 3.63) is 53.6 Å². The van der Waals surface area contributed by atoms with E-state index >= 15 is 0 Å². The highest BCUT2D eigenvalue weighted by Crippen LogP contribution is 2.34. The minimum absolute atomic E-state index is 0.100. The minimum Gasteiger partial charge on any atom is -0.486 e. The Morgan fingerprint density at radius 3 is 2.21 bits per heavy atom. The van der Waals surface area contributed by atoms with E-state index in [1.165, 1.54) is 16.4 Å². The maximum Gasteiger partial charge on any atom is 0.310 e. The molecule has 10 nitrogen and oxygen atoms in total. The van der Waals surface area contributed by atoms with Crippen molar-refractivity contribution in [3.8, 4) is 11.5 Å². The Labute approximate surface area is 196 Å². The molecule has 0 aliphatic carbocycles. The molecule has 11 heteroatoms. The molecule has 0 spiro atoms. The van der Waals surface area contributed by atoms with E-state index < -0.39 is 40.5 Å². The Kier molecular flexibility index (Phi) is 5.74. The molecule has 3 aliphatic rings. The van der Waals surface area contributed by atoms with E-state index in [0.29, 0.717) is 24.7 Å². The van der Waals surface area contributed by atoms with Crippen LogP contribution >= 0.6 is 0 Å². The largest absolute Gasteiger partial charge is 0.486 e. The zero-order chi connectivity index (χ0) is 23.9. The van der Waals surface area contributed by atoms with Crippen molar-refractivity contribution in [2.75, 3.05) is 33.0 Å². The van der Waals surface area contributed by atoms with E-state index in [0.717, 1.165) is 4.90 Å². The first-order valence-electron chi connectivity index (χ1n) is 10.9. The van der Waals surface area contributed by atoms with Crippen LogP contribution < -0.4 is 9.47 Å². The van der Waals surface area contributed by atoms with E-state index in [9.17, 15) is 22.8 Å². The van der Waals surface area contributed by atoms with Crippen LogP contribution in [0.3, 0.4) is 0 Å². The number of ether oxygens (including phenoxy) is 3. The number of hydrogen-bond donors (Lipinski definition) is 0. The number of esters is 1. The summed E-state index contributed by atoms with van der Waals surface area (Å²) in [6, 6.07) is 10.9. The molecule has 0 bridgehead atoms. The lowest BCUT2D eigenvalue weighted by Gasteiger charge is -2.30. The van der Waals surface area contributed by atoms with Gasteiger partial charge in [0, 0.05) is 19.2 Å². The lowest BCUT2D eigenvalue weighted by Crippen LogP contribution is -2.41. The molecule has 3 aliphatic heterocycles. The Bertz CT molecular complexity index is 1230. The number of amides is 2. The van der Waals surface area contributed by atoms with Crippen LogP contribution in [0.15, 0.2) is 47.4 Å². The maximum atomic E-state index is 13.1. The topological polar surface area (TPSA) is 120 Å². The first-order chi connectivity index (χ1) is 16.4. The summed E-state index contributed by atoms with van der Waals surface area (Å²) in [6.07, 6.45) is 0.537. The summed E-state index contributed by atoms with van der Waals surface area (Å²) in [5.74, 6) is -1.21. The van der Waals surface area contributed by atoms with Gasteiger partial charge in [0.15, 0.2) is 18.2 Å². The van der Waals surface area contributed by atoms with Crippen molar-refractivity contribution in [3.63, 3.8) is 0 Å². The molecule has 34 heavy (non-hydrogen) atoms. The molecule has 1 fully saturated rings. The van der Waals surface area contributed by atoms with Crippen molar-refractivity contribution in [1.29, 1.82) is 0 Å². The molecule has 2 amide bonds. The summed E-state index contributed by atoms with van der Waals surface area (Å²) in [4.78, 5) is 38.3. The SMILES string of the molecule is O=C(OCN1C(=O)c2ccccc2C1=O)C1CCN(S(=O)(=O)c2ccc3c(c2)OCCO3)CC1. The molecule has 0 N–H and O–H groups in total. The van der Waals surface area contributed by atoms with Crippen molar-refractivity contribution in [2.24, 2.45) is 5.92 Å². The fourth-order valence-electron chi connectivity index (χ4n) is 4.27. The predicted molar refractivity (Wildman–Crippen MR) is 117 cm³/mol. The maximum absolute atomic E-state index is 13.1. The Hall–Kier alpha value is -3.44. The van der Waals surface area contributed by atoms with Gasteiger partial charge >= 0.3 is 5.97 Å². The fraction of sp³-hybridized carbons (Fsp3) is 0.348. The van der Waals surface area contributed by atoms with Crippen molar-refractivity contribution in [2.45, 2.75) is 17.7 Å². The first-order valence-corrected chi connectivity index (χ1v) is 12.3. The number of fused-ring (bicyclic) bond motifs is 2. The molecule has 0 radical (unpaired) electrons. The highest BCUT2D eigenvalue weighted by molar-refractivity contribution is 7.89. The number of rotatable bonds is 5. The van der Waals surface area contributed by atoms with Crippen LogP contribution in [-0.4, -0.2) is 68.4 Å².